The number of β-lactam (4-membered cyclic amide) rings is 1. The number of hydrogen-bond donors (Lipinski definition) is 2. The number of amides is 2. The van der Waals surface area contributed by atoms with Crippen molar-refractivity contribution in [2.45, 2.75) is 30.0 Å². The molecule has 0 aliphatic carbocycles. The van der Waals surface area contributed by atoms with Crippen molar-refractivity contribution in [3.05, 3.63) is 11.3 Å². The van der Waals surface area contributed by atoms with Gasteiger partial charge in [0.15, 0.2) is 6.61 Å². The second kappa shape index (κ2) is 9.61. The summed E-state index contributed by atoms with van der Waals surface area (Å²) in [5.41, 5.74) is 0.528. The average molecular weight is 475 g/mol. The number of carbonyl (C=O) groups excluding carboxylic acids is 2. The highest BCUT2D eigenvalue weighted by molar-refractivity contribution is 8.01. The molecule has 0 aromatic carbocycles. The maximum absolute atomic E-state index is 12.6. The lowest BCUT2D eigenvalue weighted by Gasteiger charge is -2.49. The molecule has 1 saturated heterocycles. The molecule has 0 spiro atoms. The van der Waals surface area contributed by atoms with E-state index in [0.717, 1.165) is 0 Å². The topological polar surface area (TPSA) is 149 Å². The van der Waals surface area contributed by atoms with Crippen LogP contribution in [0.15, 0.2) is 16.4 Å². The van der Waals surface area contributed by atoms with Gasteiger partial charge in [0.25, 0.3) is 11.8 Å². The predicted octanol–water partition coefficient (Wildman–Crippen LogP) is -0.528. The minimum absolute atomic E-state index is 0.0610. The van der Waals surface area contributed by atoms with Gasteiger partial charge in [0.05, 0.1) is 7.11 Å². The fourth-order valence-corrected chi connectivity index (χ4v) is 5.33. The van der Waals surface area contributed by atoms with Crippen molar-refractivity contribution in [3.63, 3.8) is 0 Å². The zero-order chi connectivity index (χ0) is 21.8. The fourth-order valence-electron chi connectivity index (χ4n) is 2.84. The van der Waals surface area contributed by atoms with Gasteiger partial charge in [-0.2, -0.15) is 0 Å². The minimum Gasteiger partial charge on any atom is -0.477 e. The van der Waals surface area contributed by atoms with Crippen LogP contribution in [0, 0.1) is 0 Å². The minimum atomic E-state index is -1.20. The van der Waals surface area contributed by atoms with E-state index in [-0.39, 0.29) is 10.9 Å². The summed E-state index contributed by atoms with van der Waals surface area (Å²) < 4.78 is 11.1. The Hall–Kier alpha value is -2.39. The van der Waals surface area contributed by atoms with Crippen molar-refractivity contribution in [2.75, 3.05) is 25.2 Å². The number of thioether (sulfide) groups is 2. The molecule has 1 unspecified atom stereocenters. The van der Waals surface area contributed by atoms with Crippen molar-refractivity contribution in [3.8, 4) is 0 Å². The van der Waals surface area contributed by atoms with E-state index in [1.54, 1.807) is 4.68 Å². The van der Waals surface area contributed by atoms with E-state index in [1.165, 1.54) is 35.5 Å². The van der Waals surface area contributed by atoms with Crippen LogP contribution >= 0.6 is 35.7 Å². The number of aliphatic carboxylic acids is 1. The quantitative estimate of drug-likeness (QED) is 0.283. The molecule has 1 aromatic heterocycles. The maximum Gasteiger partial charge on any atom is 0.352 e. The molecule has 2 aliphatic heterocycles. The number of nitrogens with one attached hydrogen (secondary N) is 1. The van der Waals surface area contributed by atoms with Crippen LogP contribution in [0.3, 0.4) is 0 Å². The van der Waals surface area contributed by atoms with E-state index in [4.69, 9.17) is 4.74 Å². The van der Waals surface area contributed by atoms with Gasteiger partial charge in [-0.1, -0.05) is 11.8 Å². The van der Waals surface area contributed by atoms with Gasteiger partial charge in [-0.25, -0.2) is 9.48 Å². The lowest BCUT2D eigenvalue weighted by Crippen LogP contribution is -2.70. The highest BCUT2D eigenvalue weighted by Crippen LogP contribution is 2.41. The Bertz CT molecular complexity index is 905. The standard InChI is InChI=1S/C15H18N6O6S3/c1-3-20-14(17-18-19-20)30-6-7-5-29-12-9(11(23)21(12)10(7)13(24)25)16-8(22)4-27-15(28)26-2/h9,12H,3-6H2,1-2H3,(H,16,22)(H,24,25)/t9-,12?/m0/s1. The monoisotopic (exact) mass is 474 g/mol. The number of carboxylic acid groups (broad SMARTS) is 1. The summed E-state index contributed by atoms with van der Waals surface area (Å²) in [7, 11) is 1.31. The molecule has 2 atom stereocenters. The maximum atomic E-state index is 12.6. The van der Waals surface area contributed by atoms with E-state index in [1.807, 2.05) is 6.92 Å². The normalized spacial score (nSPS) is 20.3. The summed E-state index contributed by atoms with van der Waals surface area (Å²) in [5, 5.41) is 23.5. The Morgan fingerprint density at radius 3 is 2.90 bits per heavy atom. The Labute approximate surface area is 184 Å². The first-order chi connectivity index (χ1) is 14.4. The van der Waals surface area contributed by atoms with Crippen molar-refractivity contribution in [1.29, 1.82) is 0 Å². The van der Waals surface area contributed by atoms with Gasteiger partial charge in [0.2, 0.25) is 5.16 Å². The van der Waals surface area contributed by atoms with Gasteiger partial charge in [0.1, 0.15) is 17.1 Å². The van der Waals surface area contributed by atoms with Crippen LogP contribution < -0.4 is 5.32 Å². The Morgan fingerprint density at radius 1 is 1.47 bits per heavy atom. The van der Waals surface area contributed by atoms with E-state index in [9.17, 15) is 19.5 Å². The van der Waals surface area contributed by atoms with Gasteiger partial charge < -0.3 is 19.9 Å². The van der Waals surface area contributed by atoms with E-state index in [0.29, 0.717) is 28.8 Å². The first kappa shape index (κ1) is 22.3. The smallest absolute Gasteiger partial charge is 0.352 e. The van der Waals surface area contributed by atoms with Crippen LogP contribution in [-0.2, 0) is 30.4 Å². The third kappa shape index (κ3) is 4.52. The Morgan fingerprint density at radius 2 is 2.23 bits per heavy atom. The second-order valence-electron chi connectivity index (χ2n) is 6.02. The summed E-state index contributed by atoms with van der Waals surface area (Å²) in [4.78, 5) is 37.6. The number of nitrogens with zero attached hydrogens (tertiary/aromatic N) is 5. The molecule has 3 rings (SSSR count). The molecule has 12 nitrogen and oxygen atoms in total. The molecule has 2 aliphatic rings. The first-order valence-electron chi connectivity index (χ1n) is 8.66. The summed E-state index contributed by atoms with van der Waals surface area (Å²) in [6, 6.07) is -0.835. The van der Waals surface area contributed by atoms with E-state index < -0.39 is 35.8 Å². The Kier molecular flexibility index (Phi) is 7.14. The molecule has 2 amide bonds. The summed E-state index contributed by atoms with van der Waals surface area (Å²) in [5.74, 6) is -1.52. The highest BCUT2D eigenvalue weighted by Gasteiger charge is 2.54. The molecule has 1 fully saturated rings. The SMILES string of the molecule is CCn1nnnc1SCC1=C(C(=O)O)N2C(=O)[C@H](NC(=O)COC(=S)OC)C2SC1. The summed E-state index contributed by atoms with van der Waals surface area (Å²) in [6.45, 7) is 2.08. The van der Waals surface area contributed by atoms with Crippen LogP contribution in [-0.4, -0.2) is 89.9 Å². The summed E-state index contributed by atoms with van der Waals surface area (Å²) in [6.07, 6.45) is 0. The molecular weight excluding hydrogens is 456 g/mol. The van der Waals surface area contributed by atoms with E-state index in [2.05, 4.69) is 37.8 Å². The van der Waals surface area contributed by atoms with Crippen molar-refractivity contribution < 1.29 is 29.0 Å². The molecule has 0 bridgehead atoms. The van der Waals surface area contributed by atoms with Crippen LogP contribution in [0.4, 0.5) is 0 Å². The van der Waals surface area contributed by atoms with Crippen LogP contribution in [0.1, 0.15) is 6.92 Å². The number of hydrogen-bond acceptors (Lipinski definition) is 11. The van der Waals surface area contributed by atoms with Gasteiger partial charge in [0, 0.05) is 30.3 Å². The Balaban J connectivity index is 1.66. The lowest BCUT2D eigenvalue weighted by atomic mass is 10.0. The van der Waals surface area contributed by atoms with Gasteiger partial charge >= 0.3 is 11.2 Å². The third-order valence-corrected chi connectivity index (χ3v) is 6.90. The predicted molar refractivity (Wildman–Crippen MR) is 109 cm³/mol. The summed E-state index contributed by atoms with van der Waals surface area (Å²) >= 11 is 7.36. The van der Waals surface area contributed by atoms with Gasteiger partial charge in [-0.3, -0.25) is 14.5 Å². The number of rotatable bonds is 8. The van der Waals surface area contributed by atoms with Gasteiger partial charge in [-0.15, -0.1) is 16.9 Å². The van der Waals surface area contributed by atoms with E-state index >= 15 is 0 Å². The number of carboxylic acids is 1. The van der Waals surface area contributed by atoms with Crippen molar-refractivity contribution >= 4 is 58.8 Å². The van der Waals surface area contributed by atoms with Gasteiger partial charge in [-0.05, 0) is 22.9 Å². The molecule has 0 radical (unpaired) electrons. The number of aryl methyl sites for hydroxylation is 1. The average Bonchev–Trinajstić information content (AvgIpc) is 3.20. The number of aromatic nitrogens is 4. The van der Waals surface area contributed by atoms with Crippen molar-refractivity contribution in [2.24, 2.45) is 0 Å². The number of methoxy groups -OCH3 is 1. The number of tetrazole rings is 1. The first-order valence-corrected chi connectivity index (χ1v) is 11.1. The number of ether oxygens (including phenoxy) is 2. The lowest BCUT2D eigenvalue weighted by molar-refractivity contribution is -0.151. The zero-order valence-electron chi connectivity index (χ0n) is 15.9. The third-order valence-electron chi connectivity index (χ3n) is 4.23. The number of thiocarbonyl (C=S) groups is 1. The molecule has 162 valence electrons. The second-order valence-corrected chi connectivity index (χ2v) is 8.40. The van der Waals surface area contributed by atoms with Crippen LogP contribution in [0.25, 0.3) is 0 Å². The molecular formula is C15H18N6O6S3. The number of fused-ring (bicyclic) bond motifs is 1. The number of carbonyl (C=O) groups is 3. The molecule has 1 aromatic rings. The zero-order valence-corrected chi connectivity index (χ0v) is 18.4. The highest BCUT2D eigenvalue weighted by atomic mass is 32.2. The molecule has 30 heavy (non-hydrogen) atoms. The fraction of sp³-hybridized carbons (Fsp3) is 0.533. The molecule has 2 N–H and O–H groups in total. The molecule has 3 heterocycles. The van der Waals surface area contributed by atoms with Crippen LogP contribution in [0.2, 0.25) is 0 Å². The van der Waals surface area contributed by atoms with Crippen molar-refractivity contribution in [1.82, 2.24) is 30.4 Å². The van der Waals surface area contributed by atoms with Crippen LogP contribution in [0.5, 0.6) is 0 Å². The molecule has 15 heteroatoms. The largest absolute Gasteiger partial charge is 0.477 e. The molecule has 0 saturated carbocycles.